The van der Waals surface area contributed by atoms with E-state index in [0.717, 1.165) is 39.1 Å². The average molecular weight is 214 g/mol. The van der Waals surface area contributed by atoms with E-state index >= 15 is 0 Å². The SMILES string of the molecule is CNCC(C)CNC(=O)C1CCOCC1. The van der Waals surface area contributed by atoms with Gasteiger partial charge in [0.25, 0.3) is 0 Å². The van der Waals surface area contributed by atoms with Crippen molar-refractivity contribution in [3.63, 3.8) is 0 Å². The number of hydrogen-bond acceptors (Lipinski definition) is 3. The normalized spacial score (nSPS) is 19.9. The predicted molar refractivity (Wildman–Crippen MR) is 59.6 cm³/mol. The second-order valence-corrected chi connectivity index (χ2v) is 4.29. The summed E-state index contributed by atoms with van der Waals surface area (Å²) in [5.41, 5.74) is 0. The van der Waals surface area contributed by atoms with Gasteiger partial charge in [-0.2, -0.15) is 0 Å². The molecule has 1 aliphatic rings. The number of hydrogen-bond donors (Lipinski definition) is 2. The van der Waals surface area contributed by atoms with Crippen molar-refractivity contribution < 1.29 is 9.53 Å². The fourth-order valence-corrected chi connectivity index (χ4v) is 1.80. The van der Waals surface area contributed by atoms with Crippen LogP contribution in [0.1, 0.15) is 19.8 Å². The Labute approximate surface area is 91.8 Å². The van der Waals surface area contributed by atoms with Crippen LogP contribution >= 0.6 is 0 Å². The van der Waals surface area contributed by atoms with E-state index in [1.54, 1.807) is 0 Å². The second kappa shape index (κ2) is 6.80. The molecule has 0 spiro atoms. The third kappa shape index (κ3) is 4.62. The molecule has 0 saturated carbocycles. The van der Waals surface area contributed by atoms with Crippen molar-refractivity contribution in [3.05, 3.63) is 0 Å². The minimum absolute atomic E-state index is 0.167. The summed E-state index contributed by atoms with van der Waals surface area (Å²) in [6.07, 6.45) is 1.73. The Bertz CT molecular complexity index is 191. The first-order chi connectivity index (χ1) is 7.24. The van der Waals surface area contributed by atoms with Crippen LogP contribution < -0.4 is 10.6 Å². The van der Waals surface area contributed by atoms with Gasteiger partial charge in [0, 0.05) is 25.7 Å². The van der Waals surface area contributed by atoms with Crippen molar-refractivity contribution in [2.75, 3.05) is 33.4 Å². The van der Waals surface area contributed by atoms with E-state index in [1.807, 2.05) is 7.05 Å². The Balaban J connectivity index is 2.16. The van der Waals surface area contributed by atoms with Gasteiger partial charge in [0.05, 0.1) is 0 Å². The van der Waals surface area contributed by atoms with Crippen molar-refractivity contribution in [1.29, 1.82) is 0 Å². The van der Waals surface area contributed by atoms with Crippen molar-refractivity contribution >= 4 is 5.91 Å². The molecule has 0 aromatic rings. The van der Waals surface area contributed by atoms with Crippen molar-refractivity contribution in [2.45, 2.75) is 19.8 Å². The number of amides is 1. The number of ether oxygens (including phenoxy) is 1. The van der Waals surface area contributed by atoms with Crippen LogP contribution in [0.3, 0.4) is 0 Å². The number of rotatable bonds is 5. The molecule has 88 valence electrons. The van der Waals surface area contributed by atoms with E-state index < -0.39 is 0 Å². The molecule has 1 rings (SSSR count). The quantitative estimate of drug-likeness (QED) is 0.696. The van der Waals surface area contributed by atoms with Gasteiger partial charge in [0.1, 0.15) is 0 Å². The van der Waals surface area contributed by atoms with Gasteiger partial charge in [0.2, 0.25) is 5.91 Å². The van der Waals surface area contributed by atoms with Crippen LogP contribution in [0, 0.1) is 11.8 Å². The van der Waals surface area contributed by atoms with E-state index in [9.17, 15) is 4.79 Å². The molecule has 0 aromatic heterocycles. The Morgan fingerprint density at radius 3 is 2.67 bits per heavy atom. The molecule has 0 radical (unpaired) electrons. The summed E-state index contributed by atoms with van der Waals surface area (Å²) in [6, 6.07) is 0. The largest absolute Gasteiger partial charge is 0.381 e. The van der Waals surface area contributed by atoms with Crippen LogP contribution in [0.4, 0.5) is 0 Å². The van der Waals surface area contributed by atoms with Crippen LogP contribution in [-0.2, 0) is 9.53 Å². The Morgan fingerprint density at radius 2 is 2.07 bits per heavy atom. The zero-order chi connectivity index (χ0) is 11.1. The standard InChI is InChI=1S/C11H22N2O2/c1-9(7-12-2)8-13-11(14)10-3-5-15-6-4-10/h9-10,12H,3-8H2,1-2H3,(H,13,14). The molecule has 0 aromatic carbocycles. The summed E-state index contributed by atoms with van der Waals surface area (Å²) in [5, 5.41) is 6.10. The van der Waals surface area contributed by atoms with Crippen LogP contribution in [0.25, 0.3) is 0 Å². The lowest BCUT2D eigenvalue weighted by atomic mass is 9.99. The van der Waals surface area contributed by atoms with Crippen molar-refractivity contribution in [1.82, 2.24) is 10.6 Å². The maximum atomic E-state index is 11.7. The third-order valence-electron chi connectivity index (χ3n) is 2.77. The highest BCUT2D eigenvalue weighted by atomic mass is 16.5. The molecular formula is C11H22N2O2. The van der Waals surface area contributed by atoms with Crippen LogP contribution in [0.15, 0.2) is 0 Å². The van der Waals surface area contributed by atoms with Crippen molar-refractivity contribution in [3.8, 4) is 0 Å². The lowest BCUT2D eigenvalue weighted by molar-refractivity contribution is -0.128. The number of nitrogens with one attached hydrogen (secondary N) is 2. The van der Waals surface area contributed by atoms with Crippen LogP contribution in [-0.4, -0.2) is 39.3 Å². The molecule has 0 aliphatic carbocycles. The summed E-state index contributed by atoms with van der Waals surface area (Å²) in [6.45, 7) is 5.28. The lowest BCUT2D eigenvalue weighted by Gasteiger charge is -2.22. The maximum absolute atomic E-state index is 11.7. The minimum Gasteiger partial charge on any atom is -0.381 e. The third-order valence-corrected chi connectivity index (χ3v) is 2.77. The van der Waals surface area contributed by atoms with Gasteiger partial charge in [-0.05, 0) is 32.4 Å². The Morgan fingerprint density at radius 1 is 1.40 bits per heavy atom. The summed E-state index contributed by atoms with van der Waals surface area (Å²) in [5.74, 6) is 0.848. The molecule has 1 heterocycles. The average Bonchev–Trinajstić information content (AvgIpc) is 2.27. The molecular weight excluding hydrogens is 192 g/mol. The first-order valence-corrected chi connectivity index (χ1v) is 5.74. The predicted octanol–water partition coefficient (Wildman–Crippen LogP) is 0.385. The van der Waals surface area contributed by atoms with E-state index in [2.05, 4.69) is 17.6 Å². The molecule has 1 atom stereocenters. The fraction of sp³-hybridized carbons (Fsp3) is 0.909. The van der Waals surface area contributed by atoms with Gasteiger partial charge in [-0.25, -0.2) is 0 Å². The van der Waals surface area contributed by atoms with Crippen LogP contribution in [0.5, 0.6) is 0 Å². The van der Waals surface area contributed by atoms with E-state index in [4.69, 9.17) is 4.74 Å². The molecule has 1 aliphatic heterocycles. The number of carbonyl (C=O) groups excluding carboxylic acids is 1. The Kier molecular flexibility index (Phi) is 5.65. The van der Waals surface area contributed by atoms with E-state index in [-0.39, 0.29) is 11.8 Å². The highest BCUT2D eigenvalue weighted by Gasteiger charge is 2.21. The fourth-order valence-electron chi connectivity index (χ4n) is 1.80. The van der Waals surface area contributed by atoms with E-state index in [1.165, 1.54) is 0 Å². The first kappa shape index (κ1) is 12.5. The molecule has 1 saturated heterocycles. The van der Waals surface area contributed by atoms with Gasteiger partial charge in [-0.3, -0.25) is 4.79 Å². The van der Waals surface area contributed by atoms with Crippen LogP contribution in [0.2, 0.25) is 0 Å². The maximum Gasteiger partial charge on any atom is 0.223 e. The molecule has 15 heavy (non-hydrogen) atoms. The monoisotopic (exact) mass is 214 g/mol. The zero-order valence-electron chi connectivity index (χ0n) is 9.71. The molecule has 1 fully saturated rings. The molecule has 4 nitrogen and oxygen atoms in total. The summed E-state index contributed by atoms with van der Waals surface area (Å²) < 4.78 is 5.22. The molecule has 1 unspecified atom stereocenters. The molecule has 2 N–H and O–H groups in total. The Hall–Kier alpha value is -0.610. The summed E-state index contributed by atoms with van der Waals surface area (Å²) in [7, 11) is 1.93. The summed E-state index contributed by atoms with van der Waals surface area (Å²) >= 11 is 0. The molecule has 1 amide bonds. The highest BCUT2D eigenvalue weighted by Crippen LogP contribution is 2.14. The smallest absolute Gasteiger partial charge is 0.223 e. The van der Waals surface area contributed by atoms with Gasteiger partial charge >= 0.3 is 0 Å². The molecule has 0 bridgehead atoms. The number of carbonyl (C=O) groups is 1. The highest BCUT2D eigenvalue weighted by molar-refractivity contribution is 5.78. The van der Waals surface area contributed by atoms with Crippen molar-refractivity contribution in [2.24, 2.45) is 11.8 Å². The summed E-state index contributed by atoms with van der Waals surface area (Å²) in [4.78, 5) is 11.7. The first-order valence-electron chi connectivity index (χ1n) is 5.74. The van der Waals surface area contributed by atoms with Gasteiger partial charge in [-0.15, -0.1) is 0 Å². The van der Waals surface area contributed by atoms with Gasteiger partial charge < -0.3 is 15.4 Å². The van der Waals surface area contributed by atoms with E-state index in [0.29, 0.717) is 5.92 Å². The van der Waals surface area contributed by atoms with Gasteiger partial charge in [0.15, 0.2) is 0 Å². The van der Waals surface area contributed by atoms with Gasteiger partial charge in [-0.1, -0.05) is 6.92 Å². The zero-order valence-corrected chi connectivity index (χ0v) is 9.71. The second-order valence-electron chi connectivity index (χ2n) is 4.29. The molecule has 4 heteroatoms. The topological polar surface area (TPSA) is 50.4 Å². The lowest BCUT2D eigenvalue weighted by Crippen LogP contribution is -2.38. The minimum atomic E-state index is 0.167.